The van der Waals surface area contributed by atoms with Gasteiger partial charge in [0.2, 0.25) is 5.91 Å². The summed E-state index contributed by atoms with van der Waals surface area (Å²) in [7, 11) is 0. The zero-order valence-corrected chi connectivity index (χ0v) is 10.1. The summed E-state index contributed by atoms with van der Waals surface area (Å²) < 4.78 is 1.42. The van der Waals surface area contributed by atoms with E-state index in [0.29, 0.717) is 5.69 Å². The van der Waals surface area contributed by atoms with E-state index in [4.69, 9.17) is 0 Å². The van der Waals surface area contributed by atoms with E-state index >= 15 is 0 Å². The van der Waals surface area contributed by atoms with Crippen LogP contribution in [0.3, 0.4) is 0 Å². The van der Waals surface area contributed by atoms with Crippen LogP contribution in [-0.2, 0) is 4.79 Å². The van der Waals surface area contributed by atoms with Crippen molar-refractivity contribution in [2.24, 2.45) is 0 Å². The van der Waals surface area contributed by atoms with Crippen LogP contribution in [0.25, 0.3) is 5.65 Å². The monoisotopic (exact) mass is 275 g/mol. The molecular formula is C11H9N5O4. The second kappa shape index (κ2) is 4.30. The molecule has 2 aromatic heterocycles. The van der Waals surface area contributed by atoms with Crippen LogP contribution in [-0.4, -0.2) is 44.2 Å². The van der Waals surface area contributed by atoms with E-state index in [0.717, 1.165) is 0 Å². The van der Waals surface area contributed by atoms with Gasteiger partial charge in [-0.2, -0.15) is 0 Å². The number of anilines is 1. The summed E-state index contributed by atoms with van der Waals surface area (Å²) in [5.74, 6) is -1.52. The molecule has 0 spiro atoms. The number of aromatic nitrogens is 3. The number of amides is 3. The molecule has 9 heteroatoms. The SMILES string of the molecule is O=C1CCN(c2cc(C(=O)O)c3nncn3c2)C(=O)N1. The van der Waals surface area contributed by atoms with Crippen molar-refractivity contribution in [2.45, 2.75) is 6.42 Å². The van der Waals surface area contributed by atoms with Crippen LogP contribution in [0, 0.1) is 0 Å². The number of hydrogen-bond acceptors (Lipinski definition) is 5. The van der Waals surface area contributed by atoms with Gasteiger partial charge in [0.05, 0.1) is 5.69 Å². The van der Waals surface area contributed by atoms with E-state index in [1.165, 1.54) is 27.9 Å². The second-order valence-electron chi connectivity index (χ2n) is 4.23. The third-order valence-corrected chi connectivity index (χ3v) is 2.97. The first kappa shape index (κ1) is 12.1. The molecule has 1 aliphatic rings. The van der Waals surface area contributed by atoms with Crippen molar-refractivity contribution in [1.29, 1.82) is 0 Å². The second-order valence-corrected chi connectivity index (χ2v) is 4.23. The average Bonchev–Trinajstić information content (AvgIpc) is 2.85. The maximum absolute atomic E-state index is 11.8. The Hall–Kier alpha value is -2.97. The van der Waals surface area contributed by atoms with Gasteiger partial charge in [-0.05, 0) is 6.07 Å². The molecule has 0 saturated carbocycles. The molecule has 0 radical (unpaired) electrons. The molecule has 3 amide bonds. The first-order valence-electron chi connectivity index (χ1n) is 5.74. The highest BCUT2D eigenvalue weighted by atomic mass is 16.4. The smallest absolute Gasteiger partial charge is 0.339 e. The van der Waals surface area contributed by atoms with Gasteiger partial charge in [0.15, 0.2) is 5.65 Å². The van der Waals surface area contributed by atoms with Crippen molar-refractivity contribution in [3.05, 3.63) is 24.2 Å². The van der Waals surface area contributed by atoms with Gasteiger partial charge >= 0.3 is 12.0 Å². The van der Waals surface area contributed by atoms with Crippen molar-refractivity contribution in [3.8, 4) is 0 Å². The Balaban J connectivity index is 2.10. The fourth-order valence-corrected chi connectivity index (χ4v) is 2.04. The standard InChI is InChI=1S/C11H9N5O4/c17-8-1-2-16(11(20)13-8)6-3-7(10(18)19)9-14-12-5-15(9)4-6/h3-5H,1-2H2,(H,18,19)(H,13,17,20). The minimum atomic E-state index is -1.17. The molecule has 2 N–H and O–H groups in total. The predicted molar refractivity (Wildman–Crippen MR) is 65.4 cm³/mol. The molecule has 0 aliphatic carbocycles. The lowest BCUT2D eigenvalue weighted by molar-refractivity contribution is -0.120. The van der Waals surface area contributed by atoms with Crippen LogP contribution in [0.15, 0.2) is 18.6 Å². The van der Waals surface area contributed by atoms with Gasteiger partial charge in [-0.1, -0.05) is 0 Å². The molecule has 1 saturated heterocycles. The van der Waals surface area contributed by atoms with Crippen molar-refractivity contribution in [3.63, 3.8) is 0 Å². The van der Waals surface area contributed by atoms with Gasteiger partial charge in [0.1, 0.15) is 11.9 Å². The fourth-order valence-electron chi connectivity index (χ4n) is 2.04. The Bertz CT molecular complexity index is 737. The lowest BCUT2D eigenvalue weighted by Gasteiger charge is -2.26. The Morgan fingerprint density at radius 3 is 2.90 bits per heavy atom. The van der Waals surface area contributed by atoms with Gasteiger partial charge in [-0.15, -0.1) is 10.2 Å². The quantitative estimate of drug-likeness (QED) is 0.788. The normalized spacial score (nSPS) is 15.5. The molecule has 3 rings (SSSR count). The molecule has 0 atom stereocenters. The van der Waals surface area contributed by atoms with Gasteiger partial charge in [0, 0.05) is 19.2 Å². The average molecular weight is 275 g/mol. The van der Waals surface area contributed by atoms with Crippen molar-refractivity contribution < 1.29 is 19.5 Å². The zero-order valence-electron chi connectivity index (χ0n) is 10.1. The topological polar surface area (TPSA) is 117 Å². The van der Waals surface area contributed by atoms with E-state index in [2.05, 4.69) is 15.5 Å². The summed E-state index contributed by atoms with van der Waals surface area (Å²) >= 11 is 0. The Morgan fingerprint density at radius 1 is 1.40 bits per heavy atom. The maximum atomic E-state index is 11.8. The molecule has 3 heterocycles. The van der Waals surface area contributed by atoms with E-state index in [-0.39, 0.29) is 30.1 Å². The number of nitrogens with one attached hydrogen (secondary N) is 1. The zero-order chi connectivity index (χ0) is 14.3. The fraction of sp³-hybridized carbons (Fsp3) is 0.182. The molecule has 9 nitrogen and oxygen atoms in total. The van der Waals surface area contributed by atoms with E-state index in [1.54, 1.807) is 0 Å². The summed E-state index contributed by atoms with van der Waals surface area (Å²) in [5.41, 5.74) is 0.485. The van der Waals surface area contributed by atoms with Crippen LogP contribution >= 0.6 is 0 Å². The number of rotatable bonds is 2. The molecule has 1 aliphatic heterocycles. The van der Waals surface area contributed by atoms with Crippen LogP contribution in [0.1, 0.15) is 16.8 Å². The summed E-state index contributed by atoms with van der Waals surface area (Å²) in [6.07, 6.45) is 3.05. The number of urea groups is 1. The number of imide groups is 1. The number of hydrogen-bond donors (Lipinski definition) is 2. The van der Waals surface area contributed by atoms with Crippen LogP contribution in [0.4, 0.5) is 10.5 Å². The highest BCUT2D eigenvalue weighted by molar-refractivity contribution is 6.06. The Morgan fingerprint density at radius 2 is 2.20 bits per heavy atom. The van der Waals surface area contributed by atoms with Gasteiger partial charge < -0.3 is 5.11 Å². The van der Waals surface area contributed by atoms with Gasteiger partial charge in [-0.3, -0.25) is 19.4 Å². The number of carboxylic acids is 1. The number of carboxylic acid groups (broad SMARTS) is 1. The number of carbonyl (C=O) groups is 3. The molecule has 0 bridgehead atoms. The third-order valence-electron chi connectivity index (χ3n) is 2.97. The predicted octanol–water partition coefficient (Wildman–Crippen LogP) is -0.126. The summed E-state index contributed by atoms with van der Waals surface area (Å²) in [5, 5.41) is 18.7. The highest BCUT2D eigenvalue weighted by Gasteiger charge is 2.26. The Labute approximate surface area is 111 Å². The number of fused-ring (bicyclic) bond motifs is 1. The van der Waals surface area contributed by atoms with Crippen LogP contribution in [0.2, 0.25) is 0 Å². The molecule has 1 fully saturated rings. The Kier molecular flexibility index (Phi) is 2.60. The first-order chi connectivity index (χ1) is 9.56. The van der Waals surface area contributed by atoms with Gasteiger partial charge in [-0.25, -0.2) is 9.59 Å². The molecule has 102 valence electrons. The van der Waals surface area contributed by atoms with Crippen LogP contribution in [0.5, 0.6) is 0 Å². The molecule has 0 unspecified atom stereocenters. The van der Waals surface area contributed by atoms with Crippen LogP contribution < -0.4 is 10.2 Å². The van der Waals surface area contributed by atoms with E-state index in [1.807, 2.05) is 0 Å². The summed E-state index contributed by atoms with van der Waals surface area (Å²) in [6.45, 7) is 0.192. The summed E-state index contributed by atoms with van der Waals surface area (Å²) in [4.78, 5) is 35.4. The molecule has 0 aromatic carbocycles. The maximum Gasteiger partial charge on any atom is 0.339 e. The lowest BCUT2D eigenvalue weighted by Crippen LogP contribution is -2.49. The summed E-state index contributed by atoms with van der Waals surface area (Å²) in [6, 6.07) is 0.756. The van der Waals surface area contributed by atoms with Crippen molar-refractivity contribution >= 4 is 29.2 Å². The molecule has 20 heavy (non-hydrogen) atoms. The largest absolute Gasteiger partial charge is 0.478 e. The molecular weight excluding hydrogens is 266 g/mol. The first-order valence-corrected chi connectivity index (χ1v) is 5.74. The number of carbonyl (C=O) groups excluding carboxylic acids is 2. The number of aromatic carboxylic acids is 1. The molecule has 2 aromatic rings. The van der Waals surface area contributed by atoms with Gasteiger partial charge in [0.25, 0.3) is 0 Å². The lowest BCUT2D eigenvalue weighted by atomic mass is 10.2. The van der Waals surface area contributed by atoms with Crippen molar-refractivity contribution in [2.75, 3.05) is 11.4 Å². The van der Waals surface area contributed by atoms with Crippen molar-refractivity contribution in [1.82, 2.24) is 19.9 Å². The highest BCUT2D eigenvalue weighted by Crippen LogP contribution is 2.21. The van der Waals surface area contributed by atoms with E-state index < -0.39 is 12.0 Å². The third kappa shape index (κ3) is 1.85. The minimum absolute atomic E-state index is 0.0651. The minimum Gasteiger partial charge on any atom is -0.478 e. The number of pyridine rings is 1. The van der Waals surface area contributed by atoms with E-state index in [9.17, 15) is 19.5 Å². The number of nitrogens with zero attached hydrogens (tertiary/aromatic N) is 4.